The zero-order valence-corrected chi connectivity index (χ0v) is 13.1. The average molecular weight is 303 g/mol. The second-order valence-electron chi connectivity index (χ2n) is 5.12. The number of hydrogen-bond donors (Lipinski definition) is 1. The molecule has 0 fully saturated rings. The van der Waals surface area contributed by atoms with Gasteiger partial charge in [-0.25, -0.2) is 0 Å². The summed E-state index contributed by atoms with van der Waals surface area (Å²) in [5.74, 6) is 2.10. The fourth-order valence-corrected chi connectivity index (χ4v) is 2.28. The molecule has 1 heterocycles. The lowest BCUT2D eigenvalue weighted by molar-refractivity contribution is -0.121. The van der Waals surface area contributed by atoms with Crippen molar-refractivity contribution < 1.29 is 18.7 Å². The molecular weight excluding hydrogens is 282 g/mol. The number of nitrogens with one attached hydrogen (secondary N) is 1. The summed E-state index contributed by atoms with van der Waals surface area (Å²) in [6.45, 7) is 1.95. The van der Waals surface area contributed by atoms with E-state index in [0.29, 0.717) is 24.3 Å². The number of carbonyl (C=O) groups is 1. The second-order valence-corrected chi connectivity index (χ2v) is 5.12. The molecule has 0 spiro atoms. The molecule has 118 valence electrons. The lowest BCUT2D eigenvalue weighted by Crippen LogP contribution is -2.35. The molecule has 0 aliphatic carbocycles. The number of amides is 1. The van der Waals surface area contributed by atoms with Gasteiger partial charge in [-0.3, -0.25) is 4.79 Å². The maximum Gasteiger partial charge on any atom is 0.224 e. The van der Waals surface area contributed by atoms with Crippen LogP contribution in [0.1, 0.15) is 18.2 Å². The maximum atomic E-state index is 12.1. The Hall–Kier alpha value is -2.43. The standard InChI is InChI=1S/C17H21NO4/c1-12(9-14-5-4-8-22-14)18-17(19)11-13-6-7-15(20-2)16(10-13)21-3/h4-8,10,12H,9,11H2,1-3H3,(H,18,19). The Labute approximate surface area is 130 Å². The van der Waals surface area contributed by atoms with Gasteiger partial charge < -0.3 is 19.2 Å². The number of rotatable bonds is 7. The number of furan rings is 1. The van der Waals surface area contributed by atoms with Crippen molar-refractivity contribution in [3.05, 3.63) is 47.9 Å². The Morgan fingerprint density at radius 3 is 2.64 bits per heavy atom. The van der Waals surface area contributed by atoms with Gasteiger partial charge in [-0.2, -0.15) is 0 Å². The van der Waals surface area contributed by atoms with Crippen LogP contribution in [0, 0.1) is 0 Å². The Morgan fingerprint density at radius 1 is 1.23 bits per heavy atom. The first-order chi connectivity index (χ1) is 10.6. The first-order valence-electron chi connectivity index (χ1n) is 7.15. The van der Waals surface area contributed by atoms with Crippen LogP contribution in [0.3, 0.4) is 0 Å². The molecule has 1 atom stereocenters. The van der Waals surface area contributed by atoms with Gasteiger partial charge in [0, 0.05) is 12.5 Å². The molecule has 1 N–H and O–H groups in total. The first kappa shape index (κ1) is 15.9. The average Bonchev–Trinajstić information content (AvgIpc) is 2.99. The van der Waals surface area contributed by atoms with E-state index in [1.165, 1.54) is 0 Å². The third kappa shape index (κ3) is 4.28. The molecule has 1 aromatic heterocycles. The van der Waals surface area contributed by atoms with Crippen LogP contribution in [-0.2, 0) is 17.6 Å². The molecule has 0 saturated heterocycles. The van der Waals surface area contributed by atoms with Crippen molar-refractivity contribution in [2.45, 2.75) is 25.8 Å². The molecule has 1 unspecified atom stereocenters. The molecule has 1 amide bonds. The third-order valence-corrected chi connectivity index (χ3v) is 3.31. The van der Waals surface area contributed by atoms with Gasteiger partial charge in [-0.1, -0.05) is 6.07 Å². The number of hydrogen-bond acceptors (Lipinski definition) is 4. The molecule has 0 radical (unpaired) electrons. The zero-order chi connectivity index (χ0) is 15.9. The molecule has 22 heavy (non-hydrogen) atoms. The molecule has 0 aliphatic rings. The van der Waals surface area contributed by atoms with E-state index in [1.54, 1.807) is 26.5 Å². The van der Waals surface area contributed by atoms with E-state index in [4.69, 9.17) is 13.9 Å². The second kappa shape index (κ2) is 7.54. The maximum absolute atomic E-state index is 12.1. The van der Waals surface area contributed by atoms with Crippen molar-refractivity contribution in [3.63, 3.8) is 0 Å². The largest absolute Gasteiger partial charge is 0.493 e. The van der Waals surface area contributed by atoms with Crippen LogP contribution in [0.2, 0.25) is 0 Å². The highest BCUT2D eigenvalue weighted by Crippen LogP contribution is 2.27. The molecule has 0 saturated carbocycles. The Bertz CT molecular complexity index is 607. The van der Waals surface area contributed by atoms with Crippen LogP contribution in [0.15, 0.2) is 41.0 Å². The van der Waals surface area contributed by atoms with Crippen LogP contribution in [0.4, 0.5) is 0 Å². The highest BCUT2D eigenvalue weighted by Gasteiger charge is 2.12. The molecule has 1 aromatic carbocycles. The van der Waals surface area contributed by atoms with Gasteiger partial charge in [0.15, 0.2) is 11.5 Å². The van der Waals surface area contributed by atoms with Crippen molar-refractivity contribution in [2.75, 3.05) is 14.2 Å². The molecule has 5 nitrogen and oxygen atoms in total. The minimum atomic E-state index is -0.0359. The quantitative estimate of drug-likeness (QED) is 0.854. The van der Waals surface area contributed by atoms with E-state index in [1.807, 2.05) is 31.2 Å². The lowest BCUT2D eigenvalue weighted by atomic mass is 10.1. The summed E-state index contributed by atoms with van der Waals surface area (Å²) in [5, 5.41) is 2.96. The van der Waals surface area contributed by atoms with E-state index in [-0.39, 0.29) is 11.9 Å². The Kier molecular flexibility index (Phi) is 5.47. The minimum Gasteiger partial charge on any atom is -0.493 e. The lowest BCUT2D eigenvalue weighted by Gasteiger charge is -2.13. The summed E-state index contributed by atoms with van der Waals surface area (Å²) in [6.07, 6.45) is 2.60. The predicted octanol–water partition coefficient (Wildman–Crippen LogP) is 2.59. The van der Waals surface area contributed by atoms with Crippen LogP contribution in [-0.4, -0.2) is 26.2 Å². The SMILES string of the molecule is COc1ccc(CC(=O)NC(C)Cc2ccco2)cc1OC. The normalized spacial score (nSPS) is 11.8. The first-order valence-corrected chi connectivity index (χ1v) is 7.15. The molecule has 0 bridgehead atoms. The number of carbonyl (C=O) groups excluding carboxylic acids is 1. The topological polar surface area (TPSA) is 60.7 Å². The van der Waals surface area contributed by atoms with E-state index in [0.717, 1.165) is 11.3 Å². The smallest absolute Gasteiger partial charge is 0.224 e. The van der Waals surface area contributed by atoms with Crippen molar-refractivity contribution >= 4 is 5.91 Å². The molecule has 0 aliphatic heterocycles. The summed E-state index contributed by atoms with van der Waals surface area (Å²) >= 11 is 0. The summed E-state index contributed by atoms with van der Waals surface area (Å²) < 4.78 is 15.7. The van der Waals surface area contributed by atoms with Gasteiger partial charge >= 0.3 is 0 Å². The van der Waals surface area contributed by atoms with E-state index in [2.05, 4.69) is 5.32 Å². The highest BCUT2D eigenvalue weighted by molar-refractivity contribution is 5.79. The van der Waals surface area contributed by atoms with Gasteiger partial charge in [0.1, 0.15) is 5.76 Å². The van der Waals surface area contributed by atoms with E-state index in [9.17, 15) is 4.79 Å². The van der Waals surface area contributed by atoms with Crippen molar-refractivity contribution in [3.8, 4) is 11.5 Å². The van der Waals surface area contributed by atoms with Gasteiger partial charge in [-0.05, 0) is 36.8 Å². The number of benzene rings is 1. The third-order valence-electron chi connectivity index (χ3n) is 3.31. The van der Waals surface area contributed by atoms with Crippen LogP contribution >= 0.6 is 0 Å². The van der Waals surface area contributed by atoms with Gasteiger partial charge in [0.2, 0.25) is 5.91 Å². The van der Waals surface area contributed by atoms with Crippen LogP contribution < -0.4 is 14.8 Å². The predicted molar refractivity (Wildman–Crippen MR) is 83.3 cm³/mol. The van der Waals surface area contributed by atoms with Gasteiger partial charge in [0.05, 0.1) is 26.9 Å². The summed E-state index contributed by atoms with van der Waals surface area (Å²) in [5.41, 5.74) is 0.875. The molecule has 5 heteroatoms. The van der Waals surface area contributed by atoms with Crippen LogP contribution in [0.25, 0.3) is 0 Å². The van der Waals surface area contributed by atoms with Gasteiger partial charge in [0.25, 0.3) is 0 Å². The minimum absolute atomic E-state index is 0.0128. The number of methoxy groups -OCH3 is 2. The highest BCUT2D eigenvalue weighted by atomic mass is 16.5. The fraction of sp³-hybridized carbons (Fsp3) is 0.353. The number of ether oxygens (including phenoxy) is 2. The van der Waals surface area contributed by atoms with Crippen molar-refractivity contribution in [2.24, 2.45) is 0 Å². The van der Waals surface area contributed by atoms with Crippen molar-refractivity contribution in [1.29, 1.82) is 0 Å². The molecular formula is C17H21NO4. The summed E-state index contributed by atoms with van der Waals surface area (Å²) in [4.78, 5) is 12.1. The summed E-state index contributed by atoms with van der Waals surface area (Å²) in [7, 11) is 3.16. The summed E-state index contributed by atoms with van der Waals surface area (Å²) in [6, 6.07) is 9.23. The van der Waals surface area contributed by atoms with Crippen LogP contribution in [0.5, 0.6) is 11.5 Å². The molecule has 2 rings (SSSR count). The monoisotopic (exact) mass is 303 g/mol. The zero-order valence-electron chi connectivity index (χ0n) is 13.1. The Balaban J connectivity index is 1.91. The molecule has 2 aromatic rings. The van der Waals surface area contributed by atoms with E-state index >= 15 is 0 Å². The Morgan fingerprint density at radius 2 is 2.00 bits per heavy atom. The van der Waals surface area contributed by atoms with Gasteiger partial charge in [-0.15, -0.1) is 0 Å². The fourth-order valence-electron chi connectivity index (χ4n) is 2.28. The van der Waals surface area contributed by atoms with E-state index < -0.39 is 0 Å². The van der Waals surface area contributed by atoms with Crippen molar-refractivity contribution in [1.82, 2.24) is 5.32 Å².